The number of carbonyl (C=O) groups is 4. The molecule has 51 heavy (non-hydrogen) atoms. The number of alkyl carbamates (subject to hydrolysis) is 1. The summed E-state index contributed by atoms with van der Waals surface area (Å²) in [6.45, 7) is 5.78. The minimum absolute atomic E-state index is 0.0256. The number of fused-ring (bicyclic) bond motifs is 1. The summed E-state index contributed by atoms with van der Waals surface area (Å²) in [4.78, 5) is 60.0. The van der Waals surface area contributed by atoms with Crippen LogP contribution in [0.25, 0.3) is 0 Å². The van der Waals surface area contributed by atoms with Gasteiger partial charge in [-0.2, -0.15) is 18.3 Å². The van der Waals surface area contributed by atoms with Crippen molar-refractivity contribution in [3.63, 3.8) is 0 Å². The number of nitrogens with one attached hydrogen (secondary N) is 2. The van der Waals surface area contributed by atoms with Crippen LogP contribution in [-0.4, -0.2) is 102 Å². The third kappa shape index (κ3) is 9.83. The van der Waals surface area contributed by atoms with Gasteiger partial charge >= 0.3 is 12.3 Å². The standard InChI is InChI=1S/C34H43F3N6O7S/c1-31(2,3)50-30(47)40-32(4,5)28(45)39-24(15-14-22-11-7-8-13-25(22)51(6,48)49)27(44)42-18-16-26-33(20-42,19-23-12-9-10-17-38-23)29(46)43(41-26)21-34(35,36)37/h7-13,17,24H,14-16,18-21H2,1-6H3,(H,39,45)(H,40,47)/t24?,33-/m1/s1. The van der Waals surface area contributed by atoms with Gasteiger partial charge in [-0.1, -0.05) is 24.3 Å². The van der Waals surface area contributed by atoms with Gasteiger partial charge in [0, 0.05) is 44.1 Å². The Morgan fingerprint density at radius 2 is 1.71 bits per heavy atom. The molecule has 2 aliphatic heterocycles. The van der Waals surface area contributed by atoms with Gasteiger partial charge in [0.25, 0.3) is 5.91 Å². The molecule has 0 spiro atoms. The third-order valence-electron chi connectivity index (χ3n) is 8.43. The number of aryl methyl sites for hydroxylation is 1. The number of carbonyl (C=O) groups excluding carboxylic acids is 4. The van der Waals surface area contributed by atoms with Gasteiger partial charge in [0.05, 0.1) is 10.6 Å². The van der Waals surface area contributed by atoms with E-state index >= 15 is 0 Å². The number of alkyl halides is 3. The van der Waals surface area contributed by atoms with Crippen LogP contribution in [0.1, 0.15) is 58.7 Å². The Bertz CT molecular complexity index is 1790. The maximum Gasteiger partial charge on any atom is 0.408 e. The highest BCUT2D eigenvalue weighted by atomic mass is 32.2. The highest BCUT2D eigenvalue weighted by molar-refractivity contribution is 7.90. The molecule has 1 fully saturated rings. The zero-order chi connectivity index (χ0) is 38.0. The van der Waals surface area contributed by atoms with Crippen LogP contribution in [0.4, 0.5) is 18.0 Å². The topological polar surface area (TPSA) is 167 Å². The molecule has 278 valence electrons. The predicted octanol–water partition coefficient (Wildman–Crippen LogP) is 3.43. The number of rotatable bonds is 11. The average Bonchev–Trinajstić information content (AvgIpc) is 3.26. The molecule has 2 aromatic rings. The van der Waals surface area contributed by atoms with E-state index in [0.717, 1.165) is 6.26 Å². The fourth-order valence-corrected chi connectivity index (χ4v) is 7.04. The van der Waals surface area contributed by atoms with Crippen molar-refractivity contribution >= 4 is 39.4 Å². The van der Waals surface area contributed by atoms with Crippen LogP contribution >= 0.6 is 0 Å². The van der Waals surface area contributed by atoms with Crippen LogP contribution in [-0.2, 0) is 41.8 Å². The molecule has 2 aliphatic rings. The molecule has 1 unspecified atom stereocenters. The Morgan fingerprint density at radius 1 is 1.04 bits per heavy atom. The first kappa shape index (κ1) is 39.2. The van der Waals surface area contributed by atoms with E-state index < -0.39 is 69.0 Å². The number of piperidine rings is 1. The van der Waals surface area contributed by atoms with E-state index in [-0.39, 0.29) is 49.4 Å². The second-order valence-electron chi connectivity index (χ2n) is 14.3. The molecular formula is C34H43F3N6O7S. The summed E-state index contributed by atoms with van der Waals surface area (Å²) in [7, 11) is -3.65. The normalized spacial score (nSPS) is 18.8. The molecule has 1 saturated heterocycles. The number of sulfone groups is 1. The molecule has 1 aromatic heterocycles. The summed E-state index contributed by atoms with van der Waals surface area (Å²) >= 11 is 0. The Kier molecular flexibility index (Phi) is 11.2. The molecule has 2 N–H and O–H groups in total. The quantitative estimate of drug-likeness (QED) is 0.354. The fraction of sp³-hybridized carbons (Fsp3) is 0.529. The SMILES string of the molecule is CC(C)(C)OC(=O)NC(C)(C)C(=O)NC(CCc1ccccc1S(C)(=O)=O)C(=O)N1CCC2=NN(CC(F)(F)F)C(=O)[C@]2(Cc2ccccn2)C1. The van der Waals surface area contributed by atoms with E-state index in [1.54, 1.807) is 57.2 Å². The molecule has 4 rings (SSSR count). The summed E-state index contributed by atoms with van der Waals surface area (Å²) in [6.07, 6.45) is -3.31. The number of nitrogens with zero attached hydrogens (tertiary/aromatic N) is 4. The van der Waals surface area contributed by atoms with Crippen LogP contribution in [0, 0.1) is 5.41 Å². The molecule has 13 nitrogen and oxygen atoms in total. The van der Waals surface area contributed by atoms with Gasteiger partial charge in [0.2, 0.25) is 11.8 Å². The van der Waals surface area contributed by atoms with Crippen molar-refractivity contribution in [2.75, 3.05) is 25.9 Å². The van der Waals surface area contributed by atoms with Crippen LogP contribution in [0.2, 0.25) is 0 Å². The molecule has 0 aliphatic carbocycles. The Morgan fingerprint density at radius 3 is 2.31 bits per heavy atom. The monoisotopic (exact) mass is 736 g/mol. The smallest absolute Gasteiger partial charge is 0.408 e. The van der Waals surface area contributed by atoms with E-state index in [0.29, 0.717) is 16.3 Å². The molecule has 4 amide bonds. The number of ether oxygens (including phenoxy) is 1. The summed E-state index contributed by atoms with van der Waals surface area (Å²) in [6, 6.07) is 9.84. The number of halogens is 3. The van der Waals surface area contributed by atoms with Crippen molar-refractivity contribution in [1.82, 2.24) is 25.5 Å². The van der Waals surface area contributed by atoms with Gasteiger partial charge in [-0.15, -0.1) is 0 Å². The van der Waals surface area contributed by atoms with Crippen LogP contribution < -0.4 is 10.6 Å². The van der Waals surface area contributed by atoms with Crippen LogP contribution in [0.3, 0.4) is 0 Å². The van der Waals surface area contributed by atoms with Crippen molar-refractivity contribution in [1.29, 1.82) is 0 Å². The van der Waals surface area contributed by atoms with Gasteiger partial charge < -0.3 is 20.3 Å². The van der Waals surface area contributed by atoms with E-state index in [9.17, 15) is 40.8 Å². The lowest BCUT2D eigenvalue weighted by Gasteiger charge is -2.41. The van der Waals surface area contributed by atoms with Gasteiger partial charge in [0.15, 0.2) is 9.84 Å². The Balaban J connectivity index is 1.66. The molecule has 2 atom stereocenters. The molecule has 0 radical (unpaired) electrons. The summed E-state index contributed by atoms with van der Waals surface area (Å²) in [5, 5.41) is 9.63. The maximum absolute atomic E-state index is 14.4. The minimum atomic E-state index is -4.73. The lowest BCUT2D eigenvalue weighted by atomic mass is 9.74. The highest BCUT2D eigenvalue weighted by Gasteiger charge is 2.56. The first-order valence-electron chi connectivity index (χ1n) is 16.3. The number of pyridine rings is 1. The number of aromatic nitrogens is 1. The predicted molar refractivity (Wildman–Crippen MR) is 180 cm³/mol. The third-order valence-corrected chi connectivity index (χ3v) is 9.62. The molecule has 3 heterocycles. The van der Waals surface area contributed by atoms with Gasteiger partial charge in [-0.25, -0.2) is 18.2 Å². The Hall–Kier alpha value is -4.54. The summed E-state index contributed by atoms with van der Waals surface area (Å²) in [5.74, 6) is -2.35. The van der Waals surface area contributed by atoms with Crippen molar-refractivity contribution in [2.45, 2.75) is 88.6 Å². The lowest BCUT2D eigenvalue weighted by Crippen LogP contribution is -2.62. The van der Waals surface area contributed by atoms with Crippen molar-refractivity contribution in [3.05, 3.63) is 59.9 Å². The summed E-state index contributed by atoms with van der Waals surface area (Å²) < 4.78 is 70.7. The minimum Gasteiger partial charge on any atom is -0.444 e. The number of hydrogen-bond donors (Lipinski definition) is 2. The molecular weight excluding hydrogens is 693 g/mol. The van der Waals surface area contributed by atoms with Crippen molar-refractivity contribution < 1.29 is 45.5 Å². The number of hydrogen-bond acceptors (Lipinski definition) is 9. The second kappa shape index (κ2) is 14.6. The summed E-state index contributed by atoms with van der Waals surface area (Å²) in [5.41, 5.74) is -3.12. The van der Waals surface area contributed by atoms with E-state index in [1.165, 1.54) is 31.0 Å². The molecule has 17 heteroatoms. The van der Waals surface area contributed by atoms with E-state index in [2.05, 4.69) is 20.7 Å². The number of amides is 4. The van der Waals surface area contributed by atoms with Gasteiger partial charge in [-0.05, 0) is 71.2 Å². The van der Waals surface area contributed by atoms with Crippen molar-refractivity contribution in [3.8, 4) is 0 Å². The van der Waals surface area contributed by atoms with E-state index in [1.807, 2.05) is 0 Å². The van der Waals surface area contributed by atoms with Crippen LogP contribution in [0.5, 0.6) is 0 Å². The van der Waals surface area contributed by atoms with E-state index in [4.69, 9.17) is 4.74 Å². The fourth-order valence-electron chi connectivity index (χ4n) is 6.07. The van der Waals surface area contributed by atoms with Crippen LogP contribution in [0.15, 0.2) is 58.7 Å². The zero-order valence-corrected chi connectivity index (χ0v) is 30.2. The number of benzene rings is 1. The largest absolute Gasteiger partial charge is 0.444 e. The average molecular weight is 737 g/mol. The number of likely N-dealkylation sites (tertiary alicyclic amines) is 1. The highest BCUT2D eigenvalue weighted by Crippen LogP contribution is 2.39. The molecule has 0 saturated carbocycles. The van der Waals surface area contributed by atoms with Crippen molar-refractivity contribution in [2.24, 2.45) is 10.5 Å². The first-order valence-corrected chi connectivity index (χ1v) is 18.2. The molecule has 0 bridgehead atoms. The second-order valence-corrected chi connectivity index (χ2v) is 16.3. The van der Waals surface area contributed by atoms with Gasteiger partial charge in [-0.3, -0.25) is 19.4 Å². The number of hydrazone groups is 1. The maximum atomic E-state index is 14.4. The zero-order valence-electron chi connectivity index (χ0n) is 29.3. The first-order chi connectivity index (χ1) is 23.5. The van der Waals surface area contributed by atoms with Gasteiger partial charge in [0.1, 0.15) is 29.1 Å². The molecule has 1 aromatic carbocycles. The Labute approximate surface area is 294 Å². The lowest BCUT2D eigenvalue weighted by molar-refractivity contribution is -0.164.